The molecule has 2 aromatic rings. The summed E-state index contributed by atoms with van der Waals surface area (Å²) in [4.78, 5) is 11.9. The Morgan fingerprint density at radius 1 is 0.839 bits per heavy atom. The first-order chi connectivity index (χ1) is 14.8. The predicted octanol–water partition coefficient (Wildman–Crippen LogP) is 1.50. The van der Waals surface area contributed by atoms with Gasteiger partial charge in [-0.15, -0.1) is 0 Å². The Morgan fingerprint density at radius 3 is 2.10 bits per heavy atom. The Bertz CT molecular complexity index is 1080. The van der Waals surface area contributed by atoms with Crippen LogP contribution in [0.5, 0.6) is 0 Å². The van der Waals surface area contributed by atoms with E-state index in [1.807, 2.05) is 30.3 Å². The van der Waals surface area contributed by atoms with Gasteiger partial charge in [0.2, 0.25) is 26.0 Å². The minimum absolute atomic E-state index is 0.0620. The molecule has 3 rings (SSSR count). The van der Waals surface area contributed by atoms with Gasteiger partial charge in [-0.1, -0.05) is 36.8 Å². The molecule has 1 aliphatic heterocycles. The Balaban J connectivity index is 1.53. The van der Waals surface area contributed by atoms with Crippen molar-refractivity contribution in [1.29, 1.82) is 0 Å². The molecule has 1 fully saturated rings. The lowest BCUT2D eigenvalue weighted by Gasteiger charge is -2.25. The molecule has 0 bridgehead atoms. The quantitative estimate of drug-likeness (QED) is 0.583. The van der Waals surface area contributed by atoms with Crippen LogP contribution in [0.1, 0.15) is 24.8 Å². The van der Waals surface area contributed by atoms with Crippen molar-refractivity contribution in [3.8, 4) is 0 Å². The summed E-state index contributed by atoms with van der Waals surface area (Å²) in [6, 6.07) is 14.7. The van der Waals surface area contributed by atoms with Crippen LogP contribution in [0.15, 0.2) is 64.4 Å². The number of amides is 1. The minimum Gasteiger partial charge on any atom is -0.355 e. The van der Waals surface area contributed by atoms with Crippen LogP contribution in [-0.2, 0) is 31.3 Å². The number of hydrogen-bond acceptors (Lipinski definition) is 5. The molecular formula is C21H27N3O5S2. The van der Waals surface area contributed by atoms with Gasteiger partial charge in [0.1, 0.15) is 0 Å². The van der Waals surface area contributed by atoms with Crippen LogP contribution in [0.3, 0.4) is 0 Å². The molecular weight excluding hydrogens is 438 g/mol. The first kappa shape index (κ1) is 23.4. The number of carbonyl (C=O) groups excluding carboxylic acids is 1. The summed E-state index contributed by atoms with van der Waals surface area (Å²) in [6.07, 6.45) is 3.30. The maximum Gasteiger partial charge on any atom is 0.243 e. The van der Waals surface area contributed by atoms with E-state index in [4.69, 9.17) is 0 Å². The zero-order valence-corrected chi connectivity index (χ0v) is 18.8. The first-order valence-corrected chi connectivity index (χ1v) is 13.1. The molecule has 0 aromatic heterocycles. The van der Waals surface area contributed by atoms with Crippen molar-refractivity contribution in [1.82, 2.24) is 14.3 Å². The van der Waals surface area contributed by atoms with Crippen LogP contribution in [0.25, 0.3) is 0 Å². The molecule has 2 N–H and O–H groups in total. The third-order valence-electron chi connectivity index (χ3n) is 5.09. The van der Waals surface area contributed by atoms with Crippen molar-refractivity contribution in [3.63, 3.8) is 0 Å². The van der Waals surface area contributed by atoms with E-state index in [-0.39, 0.29) is 9.79 Å². The Labute approximate surface area is 183 Å². The van der Waals surface area contributed by atoms with Crippen LogP contribution in [-0.4, -0.2) is 53.2 Å². The monoisotopic (exact) mass is 465 g/mol. The highest BCUT2D eigenvalue weighted by atomic mass is 32.2. The maximum atomic E-state index is 12.7. The summed E-state index contributed by atoms with van der Waals surface area (Å²) in [7, 11) is -7.57. The third kappa shape index (κ3) is 6.36. The standard InChI is InChI=1S/C21H27N3O5S2/c25-21(22-14-13-18-7-3-1-4-8-18)17-23-30(26,27)19-9-11-20(12-10-19)31(28,29)24-15-5-2-6-16-24/h1,3-4,7-12,23H,2,5-6,13-17H2,(H,22,25). The number of nitrogens with one attached hydrogen (secondary N) is 2. The van der Waals surface area contributed by atoms with E-state index in [1.165, 1.54) is 28.6 Å². The van der Waals surface area contributed by atoms with E-state index in [2.05, 4.69) is 10.0 Å². The van der Waals surface area contributed by atoms with Crippen molar-refractivity contribution in [2.45, 2.75) is 35.5 Å². The molecule has 0 unspecified atom stereocenters. The zero-order valence-electron chi connectivity index (χ0n) is 17.2. The summed E-state index contributed by atoms with van der Waals surface area (Å²) in [5.41, 5.74) is 1.07. The molecule has 1 amide bonds. The van der Waals surface area contributed by atoms with Crippen molar-refractivity contribution in [3.05, 3.63) is 60.2 Å². The average Bonchev–Trinajstić information content (AvgIpc) is 2.79. The van der Waals surface area contributed by atoms with E-state index < -0.39 is 32.5 Å². The molecule has 10 heteroatoms. The normalized spacial score (nSPS) is 15.5. The van der Waals surface area contributed by atoms with Gasteiger partial charge >= 0.3 is 0 Å². The van der Waals surface area contributed by atoms with Crippen LogP contribution in [0.2, 0.25) is 0 Å². The molecule has 1 saturated heterocycles. The molecule has 168 valence electrons. The predicted molar refractivity (Wildman–Crippen MR) is 117 cm³/mol. The van der Waals surface area contributed by atoms with Crippen LogP contribution < -0.4 is 10.0 Å². The first-order valence-electron chi connectivity index (χ1n) is 10.2. The largest absolute Gasteiger partial charge is 0.355 e. The molecule has 0 aliphatic carbocycles. The zero-order chi connectivity index (χ0) is 22.3. The van der Waals surface area contributed by atoms with Gasteiger partial charge in [0.15, 0.2) is 0 Å². The lowest BCUT2D eigenvalue weighted by Crippen LogP contribution is -2.37. The second-order valence-corrected chi connectivity index (χ2v) is 11.1. The molecule has 0 radical (unpaired) electrons. The van der Waals surface area contributed by atoms with Gasteiger partial charge in [-0.25, -0.2) is 21.6 Å². The number of hydrogen-bond donors (Lipinski definition) is 2. The maximum absolute atomic E-state index is 12.7. The second kappa shape index (κ2) is 10.4. The molecule has 31 heavy (non-hydrogen) atoms. The van der Waals surface area contributed by atoms with E-state index in [0.717, 1.165) is 24.8 Å². The highest BCUT2D eigenvalue weighted by Crippen LogP contribution is 2.21. The number of rotatable bonds is 9. The molecule has 0 spiro atoms. The second-order valence-electron chi connectivity index (χ2n) is 7.35. The van der Waals surface area contributed by atoms with Crippen LogP contribution in [0.4, 0.5) is 0 Å². The average molecular weight is 466 g/mol. The summed E-state index contributed by atoms with van der Waals surface area (Å²) in [5, 5.41) is 2.67. The van der Waals surface area contributed by atoms with E-state index >= 15 is 0 Å². The highest BCUT2D eigenvalue weighted by Gasteiger charge is 2.26. The fourth-order valence-electron chi connectivity index (χ4n) is 3.34. The Kier molecular flexibility index (Phi) is 7.82. The molecule has 1 heterocycles. The summed E-state index contributed by atoms with van der Waals surface area (Å²) >= 11 is 0. The van der Waals surface area contributed by atoms with Gasteiger partial charge in [0, 0.05) is 19.6 Å². The lowest BCUT2D eigenvalue weighted by molar-refractivity contribution is -0.119. The van der Waals surface area contributed by atoms with Gasteiger partial charge in [-0.3, -0.25) is 4.79 Å². The van der Waals surface area contributed by atoms with Crippen molar-refractivity contribution < 1.29 is 21.6 Å². The summed E-state index contributed by atoms with van der Waals surface area (Å²) < 4.78 is 53.9. The van der Waals surface area contributed by atoms with Crippen molar-refractivity contribution in [2.75, 3.05) is 26.2 Å². The minimum atomic E-state index is -3.94. The number of benzene rings is 2. The Hall–Kier alpha value is -2.27. The molecule has 0 saturated carbocycles. The molecule has 8 nitrogen and oxygen atoms in total. The lowest BCUT2D eigenvalue weighted by atomic mass is 10.1. The van der Waals surface area contributed by atoms with E-state index in [9.17, 15) is 21.6 Å². The number of nitrogens with zero attached hydrogens (tertiary/aromatic N) is 1. The topological polar surface area (TPSA) is 113 Å². The molecule has 1 aliphatic rings. The van der Waals surface area contributed by atoms with Crippen molar-refractivity contribution in [2.24, 2.45) is 0 Å². The SMILES string of the molecule is O=C(CNS(=O)(=O)c1ccc(S(=O)(=O)N2CCCCC2)cc1)NCCc1ccccc1. The number of carbonyl (C=O) groups is 1. The molecule has 2 aromatic carbocycles. The number of piperidine rings is 1. The van der Waals surface area contributed by atoms with E-state index in [0.29, 0.717) is 26.1 Å². The van der Waals surface area contributed by atoms with Gasteiger partial charge in [0.05, 0.1) is 16.3 Å². The van der Waals surface area contributed by atoms with Gasteiger partial charge in [0.25, 0.3) is 0 Å². The van der Waals surface area contributed by atoms with Gasteiger partial charge in [-0.2, -0.15) is 4.31 Å². The van der Waals surface area contributed by atoms with E-state index in [1.54, 1.807) is 0 Å². The van der Waals surface area contributed by atoms with Crippen LogP contribution in [0, 0.1) is 0 Å². The van der Waals surface area contributed by atoms with Gasteiger partial charge < -0.3 is 5.32 Å². The third-order valence-corrected chi connectivity index (χ3v) is 8.42. The Morgan fingerprint density at radius 2 is 1.45 bits per heavy atom. The highest BCUT2D eigenvalue weighted by molar-refractivity contribution is 7.89. The van der Waals surface area contributed by atoms with Gasteiger partial charge in [-0.05, 0) is 49.1 Å². The van der Waals surface area contributed by atoms with Crippen LogP contribution >= 0.6 is 0 Å². The number of sulfonamides is 2. The fraction of sp³-hybridized carbons (Fsp3) is 0.381. The fourth-order valence-corrected chi connectivity index (χ4v) is 5.84. The molecule has 0 atom stereocenters. The van der Waals surface area contributed by atoms with Crippen molar-refractivity contribution >= 4 is 26.0 Å². The smallest absolute Gasteiger partial charge is 0.243 e. The summed E-state index contributed by atoms with van der Waals surface area (Å²) in [5.74, 6) is -0.441. The summed E-state index contributed by atoms with van der Waals surface area (Å²) in [6.45, 7) is 0.950.